The molecule has 1 aromatic carbocycles. The average Bonchev–Trinajstić information content (AvgIpc) is 2.69. The Morgan fingerprint density at radius 1 is 1.21 bits per heavy atom. The van der Waals surface area contributed by atoms with Crippen molar-refractivity contribution in [1.82, 2.24) is 3.11 Å². The van der Waals surface area contributed by atoms with Crippen LogP contribution in [0.5, 0.6) is 0 Å². The van der Waals surface area contributed by atoms with Crippen LogP contribution in [0.15, 0.2) is 24.3 Å². The Kier molecular flexibility index (Phi) is 3.27. The Balaban J connectivity index is 2.07. The Hall–Kier alpha value is -0.380. The highest BCUT2D eigenvalue weighted by Crippen LogP contribution is 2.47. The maximum Gasteiger partial charge on any atom is 0.360 e. The molecule has 7 heteroatoms. The van der Waals surface area contributed by atoms with E-state index in [0.717, 1.165) is 35.8 Å². The lowest BCUT2D eigenvalue weighted by molar-refractivity contribution is 0.274. The number of halogens is 1. The van der Waals surface area contributed by atoms with E-state index in [4.69, 9.17) is 0 Å². The van der Waals surface area contributed by atoms with Gasteiger partial charge in [-0.2, -0.15) is 8.42 Å². The largest absolute Gasteiger partial charge is 0.360 e. The maximum atomic E-state index is 11.6. The zero-order valence-electron chi connectivity index (χ0n) is 10.3. The molecule has 0 amide bonds. The minimum absolute atomic E-state index is 0.145. The second-order valence-corrected chi connectivity index (χ2v) is 7.89. The van der Waals surface area contributed by atoms with Crippen molar-refractivity contribution in [2.45, 2.75) is 18.3 Å². The van der Waals surface area contributed by atoms with Gasteiger partial charge in [0.1, 0.15) is 0 Å². The van der Waals surface area contributed by atoms with Crippen LogP contribution in [0.1, 0.15) is 18.4 Å². The van der Waals surface area contributed by atoms with Gasteiger partial charge in [-0.05, 0) is 24.5 Å². The van der Waals surface area contributed by atoms with Crippen LogP contribution in [0.4, 0.5) is 5.69 Å². The molecule has 19 heavy (non-hydrogen) atoms. The summed E-state index contributed by atoms with van der Waals surface area (Å²) in [7, 11) is -4.19. The number of rotatable bonds is 1. The number of hydrogen-bond acceptors (Lipinski definition) is 3. The fourth-order valence-electron chi connectivity index (χ4n) is 3.13. The molecule has 0 aliphatic carbocycles. The monoisotopic (exact) mass is 394 g/mol. The highest BCUT2D eigenvalue weighted by Gasteiger charge is 2.47. The molecule has 0 radical (unpaired) electrons. The van der Waals surface area contributed by atoms with E-state index in [2.05, 4.69) is 26.0 Å². The maximum absolute atomic E-state index is 11.6. The first-order chi connectivity index (χ1) is 8.92. The topological polar surface area (TPSA) is 60.9 Å². The van der Waals surface area contributed by atoms with E-state index in [-0.39, 0.29) is 5.41 Å². The van der Waals surface area contributed by atoms with Gasteiger partial charge in [0, 0.05) is 47.9 Å². The summed E-state index contributed by atoms with van der Waals surface area (Å²) in [6.07, 6.45) is 1.83. The van der Waals surface area contributed by atoms with Crippen molar-refractivity contribution in [2.24, 2.45) is 0 Å². The number of fused-ring (bicyclic) bond motifs is 2. The predicted molar refractivity (Wildman–Crippen MR) is 81.8 cm³/mol. The van der Waals surface area contributed by atoms with Crippen molar-refractivity contribution in [3.63, 3.8) is 0 Å². The van der Waals surface area contributed by atoms with E-state index in [1.165, 1.54) is 0 Å². The zero-order chi connectivity index (χ0) is 13.7. The van der Waals surface area contributed by atoms with Gasteiger partial charge in [0.05, 0.1) is 5.69 Å². The van der Waals surface area contributed by atoms with Crippen molar-refractivity contribution in [1.29, 1.82) is 0 Å². The van der Waals surface area contributed by atoms with Gasteiger partial charge < -0.3 is 0 Å². The van der Waals surface area contributed by atoms with Gasteiger partial charge in [0.15, 0.2) is 0 Å². The first-order valence-corrected chi connectivity index (χ1v) is 8.54. The minimum atomic E-state index is -4.19. The normalized spacial score (nSPS) is 22.7. The summed E-state index contributed by atoms with van der Waals surface area (Å²) in [5, 5.41) is 0. The van der Waals surface area contributed by atoms with Crippen LogP contribution in [-0.2, 0) is 15.7 Å². The van der Waals surface area contributed by atoms with Crippen molar-refractivity contribution in [2.75, 3.05) is 23.9 Å². The Bertz CT molecular complexity index is 597. The van der Waals surface area contributed by atoms with Crippen LogP contribution < -0.4 is 4.31 Å². The first kappa shape index (κ1) is 13.6. The molecular formula is C12H15IN2O3S. The highest BCUT2D eigenvalue weighted by atomic mass is 127. The lowest BCUT2D eigenvalue weighted by atomic mass is 9.75. The fraction of sp³-hybridized carbons (Fsp3) is 0.500. The Morgan fingerprint density at radius 3 is 2.47 bits per heavy atom. The number of para-hydroxylation sites is 1. The smallest absolute Gasteiger partial charge is 0.269 e. The zero-order valence-corrected chi connectivity index (χ0v) is 13.3. The van der Waals surface area contributed by atoms with Gasteiger partial charge >= 0.3 is 10.3 Å². The summed E-state index contributed by atoms with van der Waals surface area (Å²) < 4.78 is 35.9. The van der Waals surface area contributed by atoms with Crippen molar-refractivity contribution in [3.05, 3.63) is 29.8 Å². The molecule has 1 aromatic rings. The lowest BCUT2D eigenvalue weighted by Crippen LogP contribution is -2.43. The average molecular weight is 394 g/mol. The molecule has 2 heterocycles. The molecule has 2 aliphatic rings. The minimum Gasteiger partial charge on any atom is -0.269 e. The van der Waals surface area contributed by atoms with Gasteiger partial charge in [0.2, 0.25) is 0 Å². The van der Waals surface area contributed by atoms with Crippen molar-refractivity contribution >= 4 is 38.9 Å². The molecule has 3 rings (SSSR count). The second kappa shape index (κ2) is 4.57. The highest BCUT2D eigenvalue weighted by molar-refractivity contribution is 14.1. The molecule has 0 saturated carbocycles. The van der Waals surface area contributed by atoms with Gasteiger partial charge in [-0.15, -0.1) is 0 Å². The van der Waals surface area contributed by atoms with Crippen LogP contribution in [0.2, 0.25) is 0 Å². The van der Waals surface area contributed by atoms with Gasteiger partial charge in [-0.25, -0.2) is 7.42 Å². The van der Waals surface area contributed by atoms with Crippen LogP contribution >= 0.6 is 22.9 Å². The molecule has 1 N–H and O–H groups in total. The SMILES string of the molecule is O=S(=O)(O)N1CC2(CCN(I)CC2)c2ccccc21. The number of nitrogens with zero attached hydrogens (tertiary/aromatic N) is 2. The molecule has 104 valence electrons. The summed E-state index contributed by atoms with van der Waals surface area (Å²) in [4.78, 5) is 0. The van der Waals surface area contributed by atoms with E-state index in [0.29, 0.717) is 12.2 Å². The molecule has 0 atom stereocenters. The summed E-state index contributed by atoms with van der Waals surface area (Å²) in [6.45, 7) is 2.23. The summed E-state index contributed by atoms with van der Waals surface area (Å²) in [5.74, 6) is 0. The number of piperidine rings is 1. The Morgan fingerprint density at radius 2 is 1.84 bits per heavy atom. The molecular weight excluding hydrogens is 379 g/mol. The van der Waals surface area contributed by atoms with Crippen LogP contribution in [-0.4, -0.2) is 35.7 Å². The molecule has 2 aliphatic heterocycles. The third-order valence-corrected chi connectivity index (χ3v) is 5.98. The van der Waals surface area contributed by atoms with E-state index >= 15 is 0 Å². The number of benzene rings is 1. The lowest BCUT2D eigenvalue weighted by Gasteiger charge is -2.37. The third kappa shape index (κ3) is 2.26. The molecule has 0 aromatic heterocycles. The Labute approximate surface area is 127 Å². The van der Waals surface area contributed by atoms with Gasteiger partial charge in [-0.1, -0.05) is 18.2 Å². The first-order valence-electron chi connectivity index (χ1n) is 6.18. The van der Waals surface area contributed by atoms with Crippen LogP contribution in [0.3, 0.4) is 0 Å². The molecule has 1 saturated heterocycles. The van der Waals surface area contributed by atoms with Crippen LogP contribution in [0.25, 0.3) is 0 Å². The van der Waals surface area contributed by atoms with Crippen LogP contribution in [0, 0.1) is 0 Å². The van der Waals surface area contributed by atoms with Crippen molar-refractivity contribution in [3.8, 4) is 0 Å². The molecule has 0 unspecified atom stereocenters. The van der Waals surface area contributed by atoms with Gasteiger partial charge in [-0.3, -0.25) is 4.55 Å². The van der Waals surface area contributed by atoms with E-state index < -0.39 is 10.3 Å². The summed E-state index contributed by atoms with van der Waals surface area (Å²) in [6, 6.07) is 7.51. The second-order valence-electron chi connectivity index (χ2n) is 5.19. The molecule has 5 nitrogen and oxygen atoms in total. The third-order valence-electron chi connectivity index (χ3n) is 4.13. The van der Waals surface area contributed by atoms with Crippen molar-refractivity contribution < 1.29 is 13.0 Å². The molecule has 1 fully saturated rings. The quantitative estimate of drug-likeness (QED) is 0.450. The molecule has 0 bridgehead atoms. The molecule has 1 spiro atoms. The summed E-state index contributed by atoms with van der Waals surface area (Å²) >= 11 is 2.30. The van der Waals surface area contributed by atoms with Gasteiger partial charge in [0.25, 0.3) is 0 Å². The standard InChI is InChI=1S/C12H15IN2O3S/c13-14-7-5-12(6-8-14)9-15(19(16,17)18)11-4-2-1-3-10(11)12/h1-4H,5-9H2,(H,16,17,18). The van der Waals surface area contributed by atoms with E-state index in [1.54, 1.807) is 6.07 Å². The summed E-state index contributed by atoms with van der Waals surface area (Å²) in [5.41, 5.74) is 1.54. The number of hydrogen-bond donors (Lipinski definition) is 1. The fourth-order valence-corrected chi connectivity index (χ4v) is 4.43. The van der Waals surface area contributed by atoms with E-state index in [9.17, 15) is 13.0 Å². The van der Waals surface area contributed by atoms with E-state index in [1.807, 2.05) is 18.2 Å². The number of anilines is 1. The predicted octanol–water partition coefficient (Wildman–Crippen LogP) is 1.99.